The predicted octanol–water partition coefficient (Wildman–Crippen LogP) is 4.41. The highest BCUT2D eigenvalue weighted by atomic mass is 16.6. The Morgan fingerprint density at radius 3 is 2.67 bits per heavy atom. The molecule has 2 unspecified atom stereocenters. The van der Waals surface area contributed by atoms with Crippen molar-refractivity contribution in [1.82, 2.24) is 0 Å². The summed E-state index contributed by atoms with van der Waals surface area (Å²) in [6.07, 6.45) is 14.1. The molecule has 0 aromatic carbocycles. The van der Waals surface area contributed by atoms with Crippen LogP contribution in [0.4, 0.5) is 0 Å². The molecule has 0 radical (unpaired) electrons. The SMILES string of the molecule is CCCCCC(C)C(=O)OC1(CC)C=CC=CC1. The van der Waals surface area contributed by atoms with E-state index in [0.29, 0.717) is 0 Å². The van der Waals surface area contributed by atoms with Gasteiger partial charge in [-0.05, 0) is 18.9 Å². The standard InChI is InChI=1S/C16H26O2/c1-4-6-8-11-14(3)15(17)18-16(5-2)12-9-7-10-13-16/h7,9-10,12,14H,4-6,8,11,13H2,1-3H3. The highest BCUT2D eigenvalue weighted by Gasteiger charge is 2.31. The lowest BCUT2D eigenvalue weighted by Gasteiger charge is -2.31. The molecule has 0 amide bonds. The van der Waals surface area contributed by atoms with Crippen molar-refractivity contribution >= 4 is 5.97 Å². The Morgan fingerprint density at radius 1 is 1.33 bits per heavy atom. The summed E-state index contributed by atoms with van der Waals surface area (Å²) in [6.45, 7) is 6.22. The summed E-state index contributed by atoms with van der Waals surface area (Å²) >= 11 is 0. The van der Waals surface area contributed by atoms with Gasteiger partial charge in [-0.15, -0.1) is 0 Å². The van der Waals surface area contributed by atoms with Crippen LogP contribution in [0.5, 0.6) is 0 Å². The Morgan fingerprint density at radius 2 is 2.11 bits per heavy atom. The van der Waals surface area contributed by atoms with Crippen molar-refractivity contribution in [3.8, 4) is 0 Å². The van der Waals surface area contributed by atoms with E-state index in [2.05, 4.69) is 19.9 Å². The number of carbonyl (C=O) groups is 1. The summed E-state index contributed by atoms with van der Waals surface area (Å²) in [4.78, 5) is 12.1. The Bertz CT molecular complexity index is 317. The molecule has 2 nitrogen and oxygen atoms in total. The second kappa shape index (κ2) is 7.40. The van der Waals surface area contributed by atoms with Crippen molar-refractivity contribution in [2.45, 2.75) is 64.9 Å². The molecule has 0 aliphatic heterocycles. The predicted molar refractivity (Wildman–Crippen MR) is 75.3 cm³/mol. The molecule has 0 N–H and O–H groups in total. The van der Waals surface area contributed by atoms with Crippen LogP contribution in [0.15, 0.2) is 24.3 Å². The molecular weight excluding hydrogens is 224 g/mol. The van der Waals surface area contributed by atoms with E-state index in [-0.39, 0.29) is 11.9 Å². The molecule has 0 saturated heterocycles. The van der Waals surface area contributed by atoms with Crippen LogP contribution in [0, 0.1) is 5.92 Å². The van der Waals surface area contributed by atoms with Crippen LogP contribution in [0.3, 0.4) is 0 Å². The van der Waals surface area contributed by atoms with Gasteiger partial charge in [0.25, 0.3) is 0 Å². The van der Waals surface area contributed by atoms with Crippen LogP contribution >= 0.6 is 0 Å². The molecule has 1 aliphatic carbocycles. The number of carbonyl (C=O) groups excluding carboxylic acids is 1. The molecule has 1 aliphatic rings. The minimum absolute atomic E-state index is 0.0132. The van der Waals surface area contributed by atoms with Gasteiger partial charge in [-0.3, -0.25) is 4.79 Å². The quantitative estimate of drug-likeness (QED) is 0.494. The highest BCUT2D eigenvalue weighted by Crippen LogP contribution is 2.28. The maximum absolute atomic E-state index is 12.1. The van der Waals surface area contributed by atoms with Gasteiger partial charge in [0.1, 0.15) is 5.60 Å². The Labute approximate surface area is 111 Å². The molecule has 2 heteroatoms. The number of rotatable bonds is 7. The fourth-order valence-corrected chi connectivity index (χ4v) is 2.17. The molecule has 0 spiro atoms. The number of allylic oxidation sites excluding steroid dienone is 2. The van der Waals surface area contributed by atoms with Gasteiger partial charge in [-0.25, -0.2) is 0 Å². The highest BCUT2D eigenvalue weighted by molar-refractivity contribution is 5.72. The third-order valence-electron chi connectivity index (χ3n) is 3.66. The van der Waals surface area contributed by atoms with Crippen LogP contribution < -0.4 is 0 Å². The number of ether oxygens (including phenoxy) is 1. The average molecular weight is 250 g/mol. The summed E-state index contributed by atoms with van der Waals surface area (Å²) in [5, 5.41) is 0. The van der Waals surface area contributed by atoms with Gasteiger partial charge in [0, 0.05) is 6.42 Å². The molecule has 1 rings (SSSR count). The van der Waals surface area contributed by atoms with Crippen molar-refractivity contribution in [3.63, 3.8) is 0 Å². The fourth-order valence-electron chi connectivity index (χ4n) is 2.17. The van der Waals surface area contributed by atoms with Gasteiger partial charge in [0.15, 0.2) is 0 Å². The third-order valence-corrected chi connectivity index (χ3v) is 3.66. The average Bonchev–Trinajstić information content (AvgIpc) is 2.40. The lowest BCUT2D eigenvalue weighted by Crippen LogP contribution is -2.34. The zero-order chi connectivity index (χ0) is 13.4. The maximum Gasteiger partial charge on any atom is 0.309 e. The maximum atomic E-state index is 12.1. The van der Waals surface area contributed by atoms with E-state index < -0.39 is 5.60 Å². The lowest BCUT2D eigenvalue weighted by molar-refractivity contribution is -0.160. The molecule has 0 bridgehead atoms. The van der Waals surface area contributed by atoms with Gasteiger partial charge in [-0.1, -0.05) is 58.3 Å². The van der Waals surface area contributed by atoms with Crippen LogP contribution in [-0.2, 0) is 9.53 Å². The fraction of sp³-hybridized carbons (Fsp3) is 0.688. The van der Waals surface area contributed by atoms with Gasteiger partial charge in [0.05, 0.1) is 5.92 Å². The van der Waals surface area contributed by atoms with E-state index in [4.69, 9.17) is 4.74 Å². The molecule has 102 valence electrons. The molecule has 0 saturated carbocycles. The van der Waals surface area contributed by atoms with Crippen molar-refractivity contribution < 1.29 is 9.53 Å². The van der Waals surface area contributed by atoms with E-state index in [1.807, 2.05) is 25.2 Å². The number of unbranched alkanes of at least 4 members (excludes halogenated alkanes) is 2. The molecule has 0 heterocycles. The van der Waals surface area contributed by atoms with Crippen LogP contribution in [-0.4, -0.2) is 11.6 Å². The lowest BCUT2D eigenvalue weighted by atomic mass is 9.92. The minimum Gasteiger partial charge on any atom is -0.454 e. The van der Waals surface area contributed by atoms with E-state index >= 15 is 0 Å². The monoisotopic (exact) mass is 250 g/mol. The van der Waals surface area contributed by atoms with Crippen LogP contribution in [0.2, 0.25) is 0 Å². The first-order chi connectivity index (χ1) is 8.63. The second-order valence-corrected chi connectivity index (χ2v) is 5.23. The van der Waals surface area contributed by atoms with E-state index in [1.165, 1.54) is 12.8 Å². The van der Waals surface area contributed by atoms with E-state index in [9.17, 15) is 4.79 Å². The minimum atomic E-state index is -0.398. The molecule has 0 aromatic heterocycles. The summed E-state index contributed by atoms with van der Waals surface area (Å²) in [7, 11) is 0. The van der Waals surface area contributed by atoms with Crippen molar-refractivity contribution in [1.29, 1.82) is 0 Å². The van der Waals surface area contributed by atoms with Gasteiger partial charge >= 0.3 is 5.97 Å². The number of hydrogen-bond acceptors (Lipinski definition) is 2. The zero-order valence-electron chi connectivity index (χ0n) is 11.9. The van der Waals surface area contributed by atoms with Gasteiger partial charge < -0.3 is 4.74 Å². The Hall–Kier alpha value is -1.05. The first-order valence-corrected chi connectivity index (χ1v) is 7.20. The Kier molecular flexibility index (Phi) is 6.17. The first kappa shape index (κ1) is 15.0. The van der Waals surface area contributed by atoms with Crippen molar-refractivity contribution in [3.05, 3.63) is 24.3 Å². The van der Waals surface area contributed by atoms with Gasteiger partial charge in [-0.2, -0.15) is 0 Å². The van der Waals surface area contributed by atoms with E-state index in [0.717, 1.165) is 25.7 Å². The molecular formula is C16H26O2. The summed E-state index contributed by atoms with van der Waals surface area (Å²) < 4.78 is 5.74. The van der Waals surface area contributed by atoms with E-state index in [1.54, 1.807) is 0 Å². The zero-order valence-corrected chi connectivity index (χ0v) is 11.9. The smallest absolute Gasteiger partial charge is 0.309 e. The largest absolute Gasteiger partial charge is 0.454 e. The summed E-state index contributed by atoms with van der Waals surface area (Å²) in [6, 6.07) is 0. The molecule has 18 heavy (non-hydrogen) atoms. The van der Waals surface area contributed by atoms with Crippen LogP contribution in [0.25, 0.3) is 0 Å². The third kappa shape index (κ3) is 4.32. The number of hydrogen-bond donors (Lipinski definition) is 0. The number of esters is 1. The van der Waals surface area contributed by atoms with Crippen LogP contribution in [0.1, 0.15) is 59.3 Å². The first-order valence-electron chi connectivity index (χ1n) is 7.20. The van der Waals surface area contributed by atoms with Crippen molar-refractivity contribution in [2.24, 2.45) is 5.92 Å². The van der Waals surface area contributed by atoms with Gasteiger partial charge in [0.2, 0.25) is 0 Å². The Balaban J connectivity index is 2.47. The normalized spacial score (nSPS) is 23.9. The summed E-state index contributed by atoms with van der Waals surface area (Å²) in [5.41, 5.74) is -0.398. The molecule has 2 atom stereocenters. The molecule has 0 fully saturated rings. The van der Waals surface area contributed by atoms with Crippen molar-refractivity contribution in [2.75, 3.05) is 0 Å². The molecule has 0 aromatic rings. The second-order valence-electron chi connectivity index (χ2n) is 5.23. The summed E-state index contributed by atoms with van der Waals surface area (Å²) in [5.74, 6) is -0.0350. The topological polar surface area (TPSA) is 26.3 Å².